The lowest BCUT2D eigenvalue weighted by Gasteiger charge is -2.18. The molecule has 4 nitrogen and oxygen atoms in total. The van der Waals surface area contributed by atoms with Gasteiger partial charge in [-0.2, -0.15) is 0 Å². The molecule has 0 aliphatic heterocycles. The lowest BCUT2D eigenvalue weighted by atomic mass is 9.94. The van der Waals surface area contributed by atoms with E-state index in [0.29, 0.717) is 18.6 Å². The number of rotatable bonds is 8. The largest absolute Gasteiger partial charge is 0.469 e. The van der Waals surface area contributed by atoms with E-state index in [1.807, 2.05) is 56.3 Å². The standard InChI is InChI=1S/C22H26O4/c1-4-17(14-16(2)21(23)25-3)15-26-22(24)20-12-10-19(11-13-20)18-8-6-5-7-9-18/h5-13,16-17H,4,14-15H2,1-3H3. The van der Waals surface area contributed by atoms with E-state index in [9.17, 15) is 9.59 Å². The fraction of sp³-hybridized carbons (Fsp3) is 0.364. The zero-order valence-corrected chi connectivity index (χ0v) is 15.6. The van der Waals surface area contributed by atoms with Gasteiger partial charge in [0.2, 0.25) is 0 Å². The molecule has 0 aliphatic carbocycles. The molecule has 0 radical (unpaired) electrons. The molecule has 0 bridgehead atoms. The maximum absolute atomic E-state index is 12.3. The average Bonchev–Trinajstić information content (AvgIpc) is 2.70. The van der Waals surface area contributed by atoms with Crippen molar-refractivity contribution in [3.8, 4) is 11.1 Å². The van der Waals surface area contributed by atoms with Crippen molar-refractivity contribution in [2.45, 2.75) is 26.7 Å². The molecular formula is C22H26O4. The van der Waals surface area contributed by atoms with Crippen molar-refractivity contribution in [3.05, 3.63) is 60.2 Å². The summed E-state index contributed by atoms with van der Waals surface area (Å²) in [6, 6.07) is 17.4. The highest BCUT2D eigenvalue weighted by Crippen LogP contribution is 2.21. The normalized spacial score (nSPS) is 12.9. The Bertz CT molecular complexity index is 707. The summed E-state index contributed by atoms with van der Waals surface area (Å²) in [4.78, 5) is 23.8. The third-order valence-corrected chi connectivity index (χ3v) is 4.55. The summed E-state index contributed by atoms with van der Waals surface area (Å²) in [6.45, 7) is 4.16. The van der Waals surface area contributed by atoms with Crippen LogP contribution in [0.1, 0.15) is 37.0 Å². The van der Waals surface area contributed by atoms with Gasteiger partial charge in [-0.1, -0.05) is 62.7 Å². The smallest absolute Gasteiger partial charge is 0.338 e. The van der Waals surface area contributed by atoms with Gasteiger partial charge in [0, 0.05) is 0 Å². The number of carbonyl (C=O) groups is 2. The maximum atomic E-state index is 12.3. The van der Waals surface area contributed by atoms with Gasteiger partial charge in [0.25, 0.3) is 0 Å². The van der Waals surface area contributed by atoms with Crippen LogP contribution in [0.15, 0.2) is 54.6 Å². The number of hydrogen-bond donors (Lipinski definition) is 0. The van der Waals surface area contributed by atoms with E-state index in [1.54, 1.807) is 12.1 Å². The predicted octanol–water partition coefficient (Wildman–Crippen LogP) is 4.74. The topological polar surface area (TPSA) is 52.6 Å². The highest BCUT2D eigenvalue weighted by molar-refractivity contribution is 5.90. The lowest BCUT2D eigenvalue weighted by molar-refractivity contribution is -0.145. The van der Waals surface area contributed by atoms with E-state index in [-0.39, 0.29) is 23.8 Å². The minimum Gasteiger partial charge on any atom is -0.469 e. The molecule has 0 spiro atoms. The van der Waals surface area contributed by atoms with E-state index >= 15 is 0 Å². The van der Waals surface area contributed by atoms with Gasteiger partial charge < -0.3 is 9.47 Å². The van der Waals surface area contributed by atoms with Crippen LogP contribution in [0.4, 0.5) is 0 Å². The third-order valence-electron chi connectivity index (χ3n) is 4.55. The summed E-state index contributed by atoms with van der Waals surface area (Å²) >= 11 is 0. The minimum absolute atomic E-state index is 0.136. The van der Waals surface area contributed by atoms with Crippen LogP contribution in [0.5, 0.6) is 0 Å². The van der Waals surface area contributed by atoms with Gasteiger partial charge in [-0.25, -0.2) is 4.79 Å². The summed E-state index contributed by atoms with van der Waals surface area (Å²) in [7, 11) is 1.39. The van der Waals surface area contributed by atoms with E-state index in [4.69, 9.17) is 9.47 Å². The van der Waals surface area contributed by atoms with Crippen molar-refractivity contribution >= 4 is 11.9 Å². The SMILES string of the molecule is CCC(COC(=O)c1ccc(-c2ccccc2)cc1)CC(C)C(=O)OC. The van der Waals surface area contributed by atoms with Gasteiger partial charge in [-0.3, -0.25) is 4.79 Å². The number of esters is 2. The van der Waals surface area contributed by atoms with Crippen molar-refractivity contribution < 1.29 is 19.1 Å². The molecule has 2 aromatic carbocycles. The van der Waals surface area contributed by atoms with Crippen LogP contribution in [0.2, 0.25) is 0 Å². The average molecular weight is 354 g/mol. The van der Waals surface area contributed by atoms with Gasteiger partial charge in [0.05, 0.1) is 25.2 Å². The second kappa shape index (κ2) is 9.76. The van der Waals surface area contributed by atoms with Gasteiger partial charge in [0.1, 0.15) is 0 Å². The highest BCUT2D eigenvalue weighted by atomic mass is 16.5. The predicted molar refractivity (Wildman–Crippen MR) is 102 cm³/mol. The molecule has 0 N–H and O–H groups in total. The van der Waals surface area contributed by atoms with E-state index in [2.05, 4.69) is 0 Å². The lowest BCUT2D eigenvalue weighted by Crippen LogP contribution is -2.21. The number of methoxy groups -OCH3 is 1. The molecule has 2 atom stereocenters. The van der Waals surface area contributed by atoms with Crippen molar-refractivity contribution in [2.24, 2.45) is 11.8 Å². The van der Waals surface area contributed by atoms with Gasteiger partial charge >= 0.3 is 11.9 Å². The molecule has 4 heteroatoms. The molecule has 0 heterocycles. The van der Waals surface area contributed by atoms with Crippen LogP contribution in [-0.4, -0.2) is 25.7 Å². The van der Waals surface area contributed by atoms with Gasteiger partial charge in [0.15, 0.2) is 0 Å². The van der Waals surface area contributed by atoms with Gasteiger partial charge in [-0.05, 0) is 35.6 Å². The monoisotopic (exact) mass is 354 g/mol. The van der Waals surface area contributed by atoms with Crippen molar-refractivity contribution in [3.63, 3.8) is 0 Å². The third kappa shape index (κ3) is 5.45. The Morgan fingerprint density at radius 2 is 1.58 bits per heavy atom. The fourth-order valence-corrected chi connectivity index (χ4v) is 2.86. The van der Waals surface area contributed by atoms with Crippen LogP contribution in [0.3, 0.4) is 0 Å². The Morgan fingerprint density at radius 3 is 2.15 bits per heavy atom. The summed E-state index contributed by atoms with van der Waals surface area (Å²) in [6.07, 6.45) is 1.48. The molecule has 0 saturated carbocycles. The van der Waals surface area contributed by atoms with Crippen LogP contribution in [0.25, 0.3) is 11.1 Å². The number of hydrogen-bond acceptors (Lipinski definition) is 4. The van der Waals surface area contributed by atoms with E-state index in [1.165, 1.54) is 7.11 Å². The summed E-state index contributed by atoms with van der Waals surface area (Å²) < 4.78 is 10.2. The number of ether oxygens (including phenoxy) is 2. The zero-order chi connectivity index (χ0) is 18.9. The molecule has 138 valence electrons. The van der Waals surface area contributed by atoms with Crippen molar-refractivity contribution in [1.82, 2.24) is 0 Å². The molecule has 0 amide bonds. The van der Waals surface area contributed by atoms with E-state index < -0.39 is 0 Å². The molecule has 0 aliphatic rings. The molecule has 0 saturated heterocycles. The molecular weight excluding hydrogens is 328 g/mol. The first-order chi connectivity index (χ1) is 12.5. The van der Waals surface area contributed by atoms with E-state index in [0.717, 1.165) is 17.5 Å². The first-order valence-electron chi connectivity index (χ1n) is 8.95. The first-order valence-corrected chi connectivity index (χ1v) is 8.95. The van der Waals surface area contributed by atoms with Crippen LogP contribution < -0.4 is 0 Å². The highest BCUT2D eigenvalue weighted by Gasteiger charge is 2.20. The van der Waals surface area contributed by atoms with Crippen LogP contribution in [-0.2, 0) is 14.3 Å². The molecule has 0 aromatic heterocycles. The quantitative estimate of drug-likeness (QED) is 0.643. The Kier molecular flexibility index (Phi) is 7.39. The maximum Gasteiger partial charge on any atom is 0.338 e. The molecule has 26 heavy (non-hydrogen) atoms. The Hall–Kier alpha value is -2.62. The Balaban J connectivity index is 1.91. The second-order valence-corrected chi connectivity index (χ2v) is 6.48. The van der Waals surface area contributed by atoms with Crippen molar-refractivity contribution in [2.75, 3.05) is 13.7 Å². The second-order valence-electron chi connectivity index (χ2n) is 6.48. The zero-order valence-electron chi connectivity index (χ0n) is 15.6. The number of benzene rings is 2. The molecule has 2 unspecified atom stereocenters. The minimum atomic E-state index is -0.339. The summed E-state index contributed by atoms with van der Waals surface area (Å²) in [5.41, 5.74) is 2.69. The number of carbonyl (C=O) groups excluding carboxylic acids is 2. The van der Waals surface area contributed by atoms with Crippen LogP contribution in [0, 0.1) is 11.8 Å². The molecule has 0 fully saturated rings. The molecule has 2 rings (SSSR count). The summed E-state index contributed by atoms with van der Waals surface area (Å²) in [5, 5.41) is 0. The first kappa shape index (κ1) is 19.7. The Labute approximate surface area is 155 Å². The van der Waals surface area contributed by atoms with Crippen molar-refractivity contribution in [1.29, 1.82) is 0 Å². The summed E-state index contributed by atoms with van der Waals surface area (Å²) in [5.74, 6) is -0.634. The van der Waals surface area contributed by atoms with Gasteiger partial charge in [-0.15, -0.1) is 0 Å². The molecule has 2 aromatic rings. The van der Waals surface area contributed by atoms with Crippen LogP contribution >= 0.6 is 0 Å². The fourth-order valence-electron chi connectivity index (χ4n) is 2.86. The Morgan fingerprint density at radius 1 is 0.962 bits per heavy atom.